The fourth-order valence-corrected chi connectivity index (χ4v) is 4.05. The first kappa shape index (κ1) is 21.2. The van der Waals surface area contributed by atoms with E-state index in [1.165, 1.54) is 19.5 Å². The molecule has 0 saturated heterocycles. The van der Waals surface area contributed by atoms with Gasteiger partial charge in [0.2, 0.25) is 0 Å². The minimum absolute atomic E-state index is 0.333. The zero-order valence-electron chi connectivity index (χ0n) is 18.5. The number of benzene rings is 2. The van der Waals surface area contributed by atoms with Crippen LogP contribution in [0.15, 0.2) is 48.9 Å². The molecule has 170 valence electrons. The van der Waals surface area contributed by atoms with Crippen LogP contribution in [0.5, 0.6) is 11.5 Å². The summed E-state index contributed by atoms with van der Waals surface area (Å²) in [5.74, 6) is 1.35. The first-order valence-corrected chi connectivity index (χ1v) is 10.5. The fourth-order valence-electron chi connectivity index (χ4n) is 4.05. The summed E-state index contributed by atoms with van der Waals surface area (Å²) in [5.41, 5.74) is 3.03. The highest BCUT2D eigenvalue weighted by Gasteiger charge is 2.16. The topological polar surface area (TPSA) is 114 Å². The standard InChI is InChI=1S/C24H20FN7O2/c1-33-21-4-3-18(25)24-17(21)8-15(11-26)32(24)6-5-27-23-10-20(28-13-29-23)16-7-14-12-30-31-19(14)9-22(16)34-2/h3-4,7-10,12-13H,5-6H2,1-2H3,(H,30,31)(H,27,28,29). The number of H-pyrrole nitrogens is 1. The van der Waals surface area contributed by atoms with Crippen LogP contribution < -0.4 is 14.8 Å². The summed E-state index contributed by atoms with van der Waals surface area (Å²) in [5, 5.41) is 21.3. The fraction of sp³-hybridized carbons (Fsp3) is 0.167. The minimum Gasteiger partial charge on any atom is -0.496 e. The van der Waals surface area contributed by atoms with Gasteiger partial charge in [0.15, 0.2) is 0 Å². The van der Waals surface area contributed by atoms with Gasteiger partial charge in [-0.25, -0.2) is 14.4 Å². The Labute approximate surface area is 193 Å². The minimum atomic E-state index is -0.414. The van der Waals surface area contributed by atoms with Crippen LogP contribution in [-0.2, 0) is 6.54 Å². The van der Waals surface area contributed by atoms with Gasteiger partial charge in [0.05, 0.1) is 37.1 Å². The average Bonchev–Trinajstić information content (AvgIpc) is 3.48. The Morgan fingerprint density at radius 3 is 2.76 bits per heavy atom. The monoisotopic (exact) mass is 457 g/mol. The number of hydrogen-bond acceptors (Lipinski definition) is 7. The first-order valence-electron chi connectivity index (χ1n) is 10.5. The first-order chi connectivity index (χ1) is 16.6. The largest absolute Gasteiger partial charge is 0.496 e. The summed E-state index contributed by atoms with van der Waals surface area (Å²) in [7, 11) is 3.12. The second-order valence-corrected chi connectivity index (χ2v) is 7.53. The maximum absolute atomic E-state index is 14.6. The number of hydrogen-bond donors (Lipinski definition) is 2. The highest BCUT2D eigenvalue weighted by molar-refractivity contribution is 5.89. The van der Waals surface area contributed by atoms with Crippen molar-refractivity contribution in [2.45, 2.75) is 6.54 Å². The lowest BCUT2D eigenvalue weighted by Gasteiger charge is -2.12. The smallest absolute Gasteiger partial charge is 0.147 e. The van der Waals surface area contributed by atoms with Crippen molar-refractivity contribution >= 4 is 27.6 Å². The van der Waals surface area contributed by atoms with Gasteiger partial charge in [-0.3, -0.25) is 5.10 Å². The van der Waals surface area contributed by atoms with E-state index < -0.39 is 5.82 Å². The normalized spacial score (nSPS) is 11.0. The van der Waals surface area contributed by atoms with Gasteiger partial charge in [0.1, 0.15) is 41.2 Å². The molecular weight excluding hydrogens is 437 g/mol. The molecule has 0 aliphatic carbocycles. The number of halogens is 1. The molecule has 0 radical (unpaired) electrons. The van der Waals surface area contributed by atoms with E-state index >= 15 is 0 Å². The molecule has 0 unspecified atom stereocenters. The number of nitrogens with zero attached hydrogens (tertiary/aromatic N) is 5. The van der Waals surface area contributed by atoms with Crippen LogP contribution in [0.25, 0.3) is 33.1 Å². The van der Waals surface area contributed by atoms with Gasteiger partial charge in [-0.15, -0.1) is 0 Å². The third kappa shape index (κ3) is 3.63. The molecule has 0 fully saturated rings. The van der Waals surface area contributed by atoms with Crippen LogP contribution >= 0.6 is 0 Å². The third-order valence-corrected chi connectivity index (χ3v) is 5.65. The van der Waals surface area contributed by atoms with Crippen molar-refractivity contribution in [1.29, 1.82) is 5.26 Å². The molecule has 5 rings (SSSR count). The number of nitrogens with one attached hydrogen (secondary N) is 2. The van der Waals surface area contributed by atoms with E-state index in [-0.39, 0.29) is 0 Å². The van der Waals surface area contributed by atoms with Crippen molar-refractivity contribution < 1.29 is 13.9 Å². The summed E-state index contributed by atoms with van der Waals surface area (Å²) in [6.07, 6.45) is 3.20. The Balaban J connectivity index is 1.40. The highest BCUT2D eigenvalue weighted by atomic mass is 19.1. The molecule has 34 heavy (non-hydrogen) atoms. The number of fused-ring (bicyclic) bond motifs is 2. The third-order valence-electron chi connectivity index (χ3n) is 5.65. The summed E-state index contributed by atoms with van der Waals surface area (Å²) < 4.78 is 27.1. The molecule has 2 aromatic carbocycles. The maximum Gasteiger partial charge on any atom is 0.147 e. The van der Waals surface area contributed by atoms with Gasteiger partial charge in [-0.1, -0.05) is 0 Å². The molecule has 3 heterocycles. The Hall–Kier alpha value is -4.65. The van der Waals surface area contributed by atoms with Gasteiger partial charge >= 0.3 is 0 Å². The molecule has 2 N–H and O–H groups in total. The summed E-state index contributed by atoms with van der Waals surface area (Å²) in [6.45, 7) is 0.754. The Morgan fingerprint density at radius 1 is 1.12 bits per heavy atom. The zero-order valence-corrected chi connectivity index (χ0v) is 18.5. The molecule has 0 spiro atoms. The van der Waals surface area contributed by atoms with Crippen LogP contribution in [0, 0.1) is 17.1 Å². The molecule has 9 nitrogen and oxygen atoms in total. The van der Waals surface area contributed by atoms with Crippen molar-refractivity contribution in [1.82, 2.24) is 24.7 Å². The van der Waals surface area contributed by atoms with Crippen LogP contribution in [0.3, 0.4) is 0 Å². The van der Waals surface area contributed by atoms with E-state index in [4.69, 9.17) is 9.47 Å². The predicted octanol–water partition coefficient (Wildman–Crippen LogP) is 4.11. The molecule has 0 aliphatic heterocycles. The van der Waals surface area contributed by atoms with Gasteiger partial charge < -0.3 is 19.4 Å². The number of aromatic nitrogens is 5. The molecule has 0 aliphatic rings. The van der Waals surface area contributed by atoms with Crippen molar-refractivity contribution in [2.24, 2.45) is 0 Å². The maximum atomic E-state index is 14.6. The number of nitriles is 1. The Kier molecular flexibility index (Phi) is 5.43. The van der Waals surface area contributed by atoms with E-state index in [0.29, 0.717) is 52.7 Å². The van der Waals surface area contributed by atoms with Crippen molar-refractivity contribution in [2.75, 3.05) is 26.1 Å². The van der Waals surface area contributed by atoms with Gasteiger partial charge in [-0.05, 0) is 24.3 Å². The van der Waals surface area contributed by atoms with Crippen LogP contribution in [0.2, 0.25) is 0 Å². The predicted molar refractivity (Wildman–Crippen MR) is 125 cm³/mol. The molecule has 10 heteroatoms. The van der Waals surface area contributed by atoms with Gasteiger partial charge in [-0.2, -0.15) is 10.4 Å². The summed E-state index contributed by atoms with van der Waals surface area (Å²) in [4.78, 5) is 8.68. The molecule has 0 bridgehead atoms. The Morgan fingerprint density at radius 2 is 1.97 bits per heavy atom. The number of rotatable bonds is 7. The zero-order chi connectivity index (χ0) is 23.7. The van der Waals surface area contributed by atoms with Crippen LogP contribution in [-0.4, -0.2) is 45.5 Å². The summed E-state index contributed by atoms with van der Waals surface area (Å²) >= 11 is 0. The Bertz CT molecular complexity index is 1550. The van der Waals surface area contributed by atoms with Crippen molar-refractivity contribution in [3.63, 3.8) is 0 Å². The van der Waals surface area contributed by atoms with E-state index in [0.717, 1.165) is 16.5 Å². The second kappa shape index (κ2) is 8.71. The van der Waals surface area contributed by atoms with E-state index in [2.05, 4.69) is 31.6 Å². The lowest BCUT2D eigenvalue weighted by Crippen LogP contribution is -2.13. The second-order valence-electron chi connectivity index (χ2n) is 7.53. The van der Waals surface area contributed by atoms with E-state index in [9.17, 15) is 9.65 Å². The molecule has 5 aromatic rings. The van der Waals surface area contributed by atoms with Crippen molar-refractivity contribution in [3.8, 4) is 28.8 Å². The van der Waals surface area contributed by atoms with E-state index in [1.54, 1.807) is 30.0 Å². The van der Waals surface area contributed by atoms with Gasteiger partial charge in [0.25, 0.3) is 0 Å². The SMILES string of the molecule is COc1cc2[nH]ncc2cc1-c1cc(NCCn2c(C#N)cc3c(OC)ccc(F)c32)ncn1. The van der Waals surface area contributed by atoms with Crippen molar-refractivity contribution in [3.05, 3.63) is 60.4 Å². The van der Waals surface area contributed by atoms with Crippen LogP contribution in [0.4, 0.5) is 10.2 Å². The quantitative estimate of drug-likeness (QED) is 0.378. The molecule has 0 amide bonds. The van der Waals surface area contributed by atoms with E-state index in [1.807, 2.05) is 18.2 Å². The van der Waals surface area contributed by atoms with Gasteiger partial charge in [0, 0.05) is 41.6 Å². The summed E-state index contributed by atoms with van der Waals surface area (Å²) in [6, 6.07) is 12.3. The lowest BCUT2D eigenvalue weighted by atomic mass is 10.1. The molecule has 0 saturated carbocycles. The molecule has 0 atom stereocenters. The molecule has 3 aromatic heterocycles. The average molecular weight is 457 g/mol. The number of aromatic amines is 1. The number of anilines is 1. The highest BCUT2D eigenvalue weighted by Crippen LogP contribution is 2.33. The lowest BCUT2D eigenvalue weighted by molar-refractivity contribution is 0.417. The number of methoxy groups -OCH3 is 2. The number of ether oxygens (including phenoxy) is 2. The molecular formula is C24H20FN7O2. The van der Waals surface area contributed by atoms with Crippen LogP contribution in [0.1, 0.15) is 5.69 Å².